The number of aromatic nitrogens is 1. The fraction of sp³-hybridized carbons (Fsp3) is 0.469. The van der Waals surface area contributed by atoms with Gasteiger partial charge in [0.1, 0.15) is 5.60 Å². The molecule has 7 heteroatoms. The summed E-state index contributed by atoms with van der Waals surface area (Å²) in [5.74, 6) is 0.606. The van der Waals surface area contributed by atoms with Crippen molar-refractivity contribution < 1.29 is 13.5 Å². The summed E-state index contributed by atoms with van der Waals surface area (Å²) >= 11 is 0. The van der Waals surface area contributed by atoms with Crippen LogP contribution in [0.4, 0.5) is 0 Å². The van der Waals surface area contributed by atoms with E-state index < -0.39 is 15.6 Å². The lowest BCUT2D eigenvalue weighted by Crippen LogP contribution is -2.63. The second-order valence-corrected chi connectivity index (χ2v) is 14.2. The normalized spacial score (nSPS) is 20.5. The van der Waals surface area contributed by atoms with Gasteiger partial charge in [0.05, 0.1) is 4.90 Å². The summed E-state index contributed by atoms with van der Waals surface area (Å²) < 4.78 is 28.0. The van der Waals surface area contributed by atoms with E-state index in [1.165, 1.54) is 5.56 Å². The Balaban J connectivity index is 1.41. The number of nitrogens with zero attached hydrogens (tertiary/aromatic N) is 3. The van der Waals surface area contributed by atoms with Crippen molar-refractivity contribution in [1.29, 1.82) is 0 Å². The lowest BCUT2D eigenvalue weighted by Gasteiger charge is -2.56. The van der Waals surface area contributed by atoms with E-state index in [1.807, 2.05) is 25.3 Å². The predicted octanol–water partition coefficient (Wildman–Crippen LogP) is 5.27. The van der Waals surface area contributed by atoms with Crippen molar-refractivity contribution in [2.24, 2.45) is 5.41 Å². The minimum Gasteiger partial charge on any atom is -0.380 e. The molecule has 2 aliphatic rings. The summed E-state index contributed by atoms with van der Waals surface area (Å²) in [5, 5.41) is 12.5. The second kappa shape index (κ2) is 10.4. The van der Waals surface area contributed by atoms with Gasteiger partial charge < -0.3 is 10.0 Å². The minimum absolute atomic E-state index is 0.186. The molecule has 0 bridgehead atoms. The average Bonchev–Trinajstić information content (AvgIpc) is 2.92. The van der Waals surface area contributed by atoms with E-state index in [-0.39, 0.29) is 11.3 Å². The molecule has 3 heterocycles. The highest BCUT2D eigenvalue weighted by Crippen LogP contribution is 2.50. The molecule has 2 saturated heterocycles. The summed E-state index contributed by atoms with van der Waals surface area (Å²) in [7, 11) is -1.43. The SMILES string of the molecule is Cc1ccc(S(=O)(=O)N2CCC(c3cncc([C@@](O)(c4ccc(C(C)C)cc4)C4(C)CN(C)C4)c3)CC2)cc1. The molecule has 0 unspecified atom stereocenters. The van der Waals surface area contributed by atoms with E-state index in [1.54, 1.807) is 22.6 Å². The number of pyridine rings is 1. The van der Waals surface area contributed by atoms with Gasteiger partial charge >= 0.3 is 0 Å². The third-order valence-electron chi connectivity index (χ3n) is 8.87. The first-order chi connectivity index (χ1) is 18.4. The highest BCUT2D eigenvalue weighted by Gasteiger charge is 2.55. The number of hydrogen-bond donors (Lipinski definition) is 1. The zero-order valence-electron chi connectivity index (χ0n) is 23.8. The predicted molar refractivity (Wildman–Crippen MR) is 155 cm³/mol. The van der Waals surface area contributed by atoms with Crippen LogP contribution in [0.3, 0.4) is 0 Å². The number of sulfonamides is 1. The molecule has 1 N–H and O–H groups in total. The molecule has 0 spiro atoms. The van der Waals surface area contributed by atoms with E-state index in [2.05, 4.69) is 68.0 Å². The molecule has 0 aliphatic carbocycles. The van der Waals surface area contributed by atoms with E-state index >= 15 is 0 Å². The molecule has 1 atom stereocenters. The van der Waals surface area contributed by atoms with Crippen LogP contribution < -0.4 is 0 Å². The van der Waals surface area contributed by atoms with Crippen molar-refractivity contribution in [1.82, 2.24) is 14.2 Å². The molecular formula is C32H41N3O3S. The van der Waals surface area contributed by atoms with Crippen LogP contribution in [0.2, 0.25) is 0 Å². The quantitative estimate of drug-likeness (QED) is 0.436. The number of benzene rings is 2. The molecule has 0 amide bonds. The van der Waals surface area contributed by atoms with Crippen molar-refractivity contribution in [2.45, 2.75) is 62.9 Å². The molecule has 6 nitrogen and oxygen atoms in total. The van der Waals surface area contributed by atoms with Gasteiger partial charge in [-0.05, 0) is 73.5 Å². The topological polar surface area (TPSA) is 73.7 Å². The van der Waals surface area contributed by atoms with Gasteiger partial charge in [-0.15, -0.1) is 0 Å². The van der Waals surface area contributed by atoms with Crippen LogP contribution in [0, 0.1) is 12.3 Å². The Hall–Kier alpha value is -2.58. The zero-order valence-corrected chi connectivity index (χ0v) is 24.6. The smallest absolute Gasteiger partial charge is 0.243 e. The number of aliphatic hydroxyl groups is 1. The van der Waals surface area contributed by atoms with Crippen LogP contribution in [0.5, 0.6) is 0 Å². The first kappa shape index (κ1) is 28.0. The molecule has 2 aliphatic heterocycles. The summed E-state index contributed by atoms with van der Waals surface area (Å²) in [4.78, 5) is 7.19. The van der Waals surface area contributed by atoms with E-state index in [9.17, 15) is 13.5 Å². The van der Waals surface area contributed by atoms with Crippen LogP contribution in [-0.2, 0) is 15.6 Å². The highest BCUT2D eigenvalue weighted by molar-refractivity contribution is 7.89. The van der Waals surface area contributed by atoms with Crippen LogP contribution in [0.1, 0.15) is 73.3 Å². The maximum absolute atomic E-state index is 13.2. The van der Waals surface area contributed by atoms with Gasteiger partial charge in [0.15, 0.2) is 0 Å². The first-order valence-corrected chi connectivity index (χ1v) is 15.4. The Bertz CT molecular complexity index is 1410. The van der Waals surface area contributed by atoms with Crippen molar-refractivity contribution in [3.05, 3.63) is 94.8 Å². The van der Waals surface area contributed by atoms with Crippen molar-refractivity contribution in [2.75, 3.05) is 33.2 Å². The van der Waals surface area contributed by atoms with Crippen molar-refractivity contribution in [3.8, 4) is 0 Å². The molecule has 39 heavy (non-hydrogen) atoms. The molecule has 2 aromatic carbocycles. The lowest BCUT2D eigenvalue weighted by atomic mass is 9.62. The number of piperidine rings is 1. The third-order valence-corrected chi connectivity index (χ3v) is 10.8. The Morgan fingerprint density at radius 1 is 0.974 bits per heavy atom. The third kappa shape index (κ3) is 5.06. The monoisotopic (exact) mass is 547 g/mol. The van der Waals surface area contributed by atoms with Crippen LogP contribution in [-0.4, -0.2) is 60.9 Å². The molecule has 0 saturated carbocycles. The number of hydrogen-bond acceptors (Lipinski definition) is 5. The summed E-state index contributed by atoms with van der Waals surface area (Å²) in [6, 6.07) is 17.6. The van der Waals surface area contributed by atoms with E-state index in [4.69, 9.17) is 0 Å². The Labute approximate surface area is 233 Å². The molecule has 3 aromatic rings. The van der Waals surface area contributed by atoms with Crippen molar-refractivity contribution >= 4 is 10.0 Å². The Morgan fingerprint density at radius 3 is 2.15 bits per heavy atom. The fourth-order valence-corrected chi connectivity index (χ4v) is 7.98. The van der Waals surface area contributed by atoms with Crippen LogP contribution >= 0.6 is 0 Å². The second-order valence-electron chi connectivity index (χ2n) is 12.2. The van der Waals surface area contributed by atoms with E-state index in [0.717, 1.165) is 48.2 Å². The molecule has 1 aromatic heterocycles. The zero-order chi connectivity index (χ0) is 28.0. The highest BCUT2D eigenvalue weighted by atomic mass is 32.2. The molecule has 208 valence electrons. The van der Waals surface area contributed by atoms with Gasteiger partial charge in [0.2, 0.25) is 10.0 Å². The van der Waals surface area contributed by atoms with Crippen LogP contribution in [0.25, 0.3) is 0 Å². The van der Waals surface area contributed by atoms with Crippen molar-refractivity contribution in [3.63, 3.8) is 0 Å². The van der Waals surface area contributed by atoms with E-state index in [0.29, 0.717) is 23.9 Å². The lowest BCUT2D eigenvalue weighted by molar-refractivity contribution is -0.127. The van der Waals surface area contributed by atoms with Gasteiger partial charge in [-0.1, -0.05) is 62.7 Å². The number of aryl methyl sites for hydroxylation is 1. The Morgan fingerprint density at radius 2 is 1.59 bits per heavy atom. The first-order valence-electron chi connectivity index (χ1n) is 14.0. The van der Waals surface area contributed by atoms with Gasteiger partial charge in [0, 0.05) is 49.6 Å². The number of rotatable bonds is 7. The maximum Gasteiger partial charge on any atom is 0.243 e. The van der Waals surface area contributed by atoms with Gasteiger partial charge in [0.25, 0.3) is 0 Å². The molecule has 2 fully saturated rings. The fourth-order valence-electron chi connectivity index (χ4n) is 6.51. The molecule has 0 radical (unpaired) electrons. The average molecular weight is 548 g/mol. The summed E-state index contributed by atoms with van der Waals surface area (Å²) in [5.41, 5.74) is 3.51. The maximum atomic E-state index is 13.2. The minimum atomic E-state index is -3.51. The molecular weight excluding hydrogens is 506 g/mol. The van der Waals surface area contributed by atoms with Gasteiger partial charge in [-0.2, -0.15) is 4.31 Å². The summed E-state index contributed by atoms with van der Waals surface area (Å²) in [6.45, 7) is 11.0. The largest absolute Gasteiger partial charge is 0.380 e. The number of likely N-dealkylation sites (tertiary alicyclic amines) is 1. The van der Waals surface area contributed by atoms with Gasteiger partial charge in [-0.25, -0.2) is 8.42 Å². The summed E-state index contributed by atoms with van der Waals surface area (Å²) in [6.07, 6.45) is 5.13. The Kier molecular flexibility index (Phi) is 7.48. The molecule has 5 rings (SSSR count). The van der Waals surface area contributed by atoms with Gasteiger partial charge in [-0.3, -0.25) is 4.98 Å². The standard InChI is InChI=1S/C32H41N3O3S/c1-23(2)25-8-10-28(11-9-25)32(36,31(4)21-34(5)22-31)29-18-27(19-33-20-29)26-14-16-35(17-15-26)39(37,38)30-12-6-24(3)7-13-30/h6-13,18-20,23,26,36H,14-17,21-22H2,1-5H3/t32-/m0/s1. The van der Waals surface area contributed by atoms with Crippen LogP contribution in [0.15, 0.2) is 71.9 Å².